The number of nitrogens with zero attached hydrogens (tertiary/aromatic N) is 4. The summed E-state index contributed by atoms with van der Waals surface area (Å²) in [4.78, 5) is 34.2. The van der Waals surface area contributed by atoms with Gasteiger partial charge in [-0.25, -0.2) is 0 Å². The Morgan fingerprint density at radius 2 is 1.84 bits per heavy atom. The first-order chi connectivity index (χ1) is 15.2. The average Bonchev–Trinajstić information content (AvgIpc) is 3.29. The molecule has 4 rings (SSSR count). The molecule has 2 saturated heterocycles. The summed E-state index contributed by atoms with van der Waals surface area (Å²) in [5.41, 5.74) is 1.91. The van der Waals surface area contributed by atoms with Crippen molar-refractivity contribution in [2.24, 2.45) is 0 Å². The van der Waals surface area contributed by atoms with Crippen LogP contribution in [0.3, 0.4) is 0 Å². The largest absolute Gasteiger partial charge is 0.356 e. The van der Waals surface area contributed by atoms with Gasteiger partial charge in [-0.2, -0.15) is 5.10 Å². The quantitative estimate of drug-likeness (QED) is 0.772. The van der Waals surface area contributed by atoms with Gasteiger partial charge in [0.15, 0.2) is 0 Å². The predicted molar refractivity (Wildman–Crippen MR) is 118 cm³/mol. The molecule has 2 aromatic heterocycles. The van der Waals surface area contributed by atoms with Gasteiger partial charge in [-0.15, -0.1) is 0 Å². The predicted octanol–water partition coefficient (Wildman–Crippen LogP) is 2.46. The molecule has 4 heterocycles. The van der Waals surface area contributed by atoms with Gasteiger partial charge in [-0.05, 0) is 56.8 Å². The van der Waals surface area contributed by atoms with Crippen LogP contribution < -0.4 is 5.32 Å². The number of aromatic nitrogens is 3. The summed E-state index contributed by atoms with van der Waals surface area (Å²) in [6, 6.07) is 7.76. The Morgan fingerprint density at radius 1 is 1.00 bits per heavy atom. The Balaban J connectivity index is 1.43. The van der Waals surface area contributed by atoms with Gasteiger partial charge in [0.05, 0.1) is 5.69 Å². The molecule has 2 N–H and O–H groups in total. The molecular formula is C23H32N6O2. The molecule has 2 aliphatic rings. The Bertz CT molecular complexity index is 868. The Hall–Kier alpha value is -2.74. The van der Waals surface area contributed by atoms with Gasteiger partial charge in [-0.1, -0.05) is 12.5 Å². The highest BCUT2D eigenvalue weighted by atomic mass is 16.2. The second-order valence-electron chi connectivity index (χ2n) is 8.47. The maximum atomic E-state index is 13.2. The first kappa shape index (κ1) is 21.5. The molecule has 166 valence electrons. The van der Waals surface area contributed by atoms with E-state index < -0.39 is 0 Å². The highest BCUT2D eigenvalue weighted by molar-refractivity contribution is 5.93. The fraction of sp³-hybridized carbons (Fsp3) is 0.565. The molecule has 1 unspecified atom stereocenters. The summed E-state index contributed by atoms with van der Waals surface area (Å²) in [6.45, 7) is 4.02. The summed E-state index contributed by atoms with van der Waals surface area (Å²) in [5.74, 6) is 0.132. The maximum absolute atomic E-state index is 13.2. The molecule has 0 radical (unpaired) electrons. The van der Waals surface area contributed by atoms with Crippen LogP contribution in [0.2, 0.25) is 0 Å². The van der Waals surface area contributed by atoms with E-state index in [4.69, 9.17) is 0 Å². The lowest BCUT2D eigenvalue weighted by molar-refractivity contribution is -0.122. The van der Waals surface area contributed by atoms with E-state index in [1.807, 2.05) is 23.1 Å². The Kier molecular flexibility index (Phi) is 7.30. The fourth-order valence-corrected chi connectivity index (χ4v) is 4.55. The molecule has 2 aliphatic heterocycles. The molecule has 8 heteroatoms. The third kappa shape index (κ3) is 5.70. The number of carbonyl (C=O) groups excluding carboxylic acids is 2. The molecule has 0 aliphatic carbocycles. The highest BCUT2D eigenvalue weighted by Crippen LogP contribution is 2.21. The molecule has 31 heavy (non-hydrogen) atoms. The number of carbonyl (C=O) groups is 2. The van der Waals surface area contributed by atoms with Crippen molar-refractivity contribution in [3.05, 3.63) is 36.2 Å². The molecule has 0 aromatic carbocycles. The zero-order valence-electron chi connectivity index (χ0n) is 18.1. The highest BCUT2D eigenvalue weighted by Gasteiger charge is 2.25. The summed E-state index contributed by atoms with van der Waals surface area (Å²) in [7, 11) is 0. The first-order valence-corrected chi connectivity index (χ1v) is 11.5. The second kappa shape index (κ2) is 10.5. The van der Waals surface area contributed by atoms with Gasteiger partial charge in [0, 0.05) is 44.8 Å². The summed E-state index contributed by atoms with van der Waals surface area (Å²) in [6.07, 6.45) is 8.41. The van der Waals surface area contributed by atoms with Gasteiger partial charge in [0.25, 0.3) is 5.91 Å². The number of pyridine rings is 1. The smallest absolute Gasteiger partial charge is 0.271 e. The van der Waals surface area contributed by atoms with E-state index in [1.54, 1.807) is 12.3 Å². The van der Waals surface area contributed by atoms with E-state index in [1.165, 1.54) is 12.8 Å². The van der Waals surface area contributed by atoms with E-state index in [9.17, 15) is 9.59 Å². The minimum absolute atomic E-state index is 0.0243. The summed E-state index contributed by atoms with van der Waals surface area (Å²) >= 11 is 0. The third-order valence-electron chi connectivity index (χ3n) is 6.24. The number of hydrogen-bond acceptors (Lipinski definition) is 5. The number of aromatic amines is 1. The molecule has 2 aromatic rings. The lowest BCUT2D eigenvalue weighted by Gasteiger charge is -2.35. The molecule has 0 spiro atoms. The molecule has 2 amide bonds. The van der Waals surface area contributed by atoms with Crippen LogP contribution in [0.4, 0.5) is 0 Å². The first-order valence-electron chi connectivity index (χ1n) is 11.5. The molecular weight excluding hydrogens is 392 g/mol. The van der Waals surface area contributed by atoms with Crippen molar-refractivity contribution < 1.29 is 9.59 Å². The second-order valence-corrected chi connectivity index (χ2v) is 8.47. The standard InChI is InChI=1S/C23H32N6O2/c30-22-16-18-8-2-5-12-28(18)14-7-15-29(13-6-4-11-25-22)23(31)21-17-20(26-27-21)19-9-1-3-10-24-19/h1,3,9-10,17-18H,2,4-8,11-16H2,(H,25,30)(H,26,27). The van der Waals surface area contributed by atoms with Crippen molar-refractivity contribution in [3.8, 4) is 11.4 Å². The number of H-pyrrole nitrogens is 1. The summed E-state index contributed by atoms with van der Waals surface area (Å²) < 4.78 is 0. The summed E-state index contributed by atoms with van der Waals surface area (Å²) in [5, 5.41) is 10.2. The van der Waals surface area contributed by atoms with Crippen molar-refractivity contribution in [3.63, 3.8) is 0 Å². The lowest BCUT2D eigenvalue weighted by atomic mass is 9.98. The van der Waals surface area contributed by atoms with Crippen LogP contribution in [0.5, 0.6) is 0 Å². The number of fused-ring (bicyclic) bond motifs is 1. The van der Waals surface area contributed by atoms with Crippen LogP contribution in [0.1, 0.15) is 55.4 Å². The van der Waals surface area contributed by atoms with E-state index in [0.717, 1.165) is 44.5 Å². The van der Waals surface area contributed by atoms with Crippen LogP contribution in [-0.4, -0.2) is 75.6 Å². The van der Waals surface area contributed by atoms with Gasteiger partial charge in [-0.3, -0.25) is 24.6 Å². The average molecular weight is 425 g/mol. The van der Waals surface area contributed by atoms with Gasteiger partial charge in [0.1, 0.15) is 11.4 Å². The van der Waals surface area contributed by atoms with E-state index in [2.05, 4.69) is 25.4 Å². The topological polar surface area (TPSA) is 94.2 Å². The molecule has 0 saturated carbocycles. The van der Waals surface area contributed by atoms with Crippen molar-refractivity contribution in [1.82, 2.24) is 30.3 Å². The molecule has 0 bridgehead atoms. The number of piperidine rings is 1. The number of nitrogens with one attached hydrogen (secondary N) is 2. The maximum Gasteiger partial charge on any atom is 0.271 e. The van der Waals surface area contributed by atoms with E-state index in [0.29, 0.717) is 43.5 Å². The molecule has 2 fully saturated rings. The number of rotatable bonds is 2. The van der Waals surface area contributed by atoms with Crippen LogP contribution in [0, 0.1) is 0 Å². The van der Waals surface area contributed by atoms with Gasteiger partial charge in [0.2, 0.25) is 5.91 Å². The minimum Gasteiger partial charge on any atom is -0.356 e. The normalized spacial score (nSPS) is 21.9. The minimum atomic E-state index is -0.0243. The number of hydrogen-bond donors (Lipinski definition) is 2. The monoisotopic (exact) mass is 424 g/mol. The van der Waals surface area contributed by atoms with Crippen LogP contribution in [0.25, 0.3) is 11.4 Å². The van der Waals surface area contributed by atoms with Crippen LogP contribution in [-0.2, 0) is 4.79 Å². The van der Waals surface area contributed by atoms with Gasteiger partial charge < -0.3 is 10.2 Å². The Morgan fingerprint density at radius 3 is 2.71 bits per heavy atom. The molecule has 8 nitrogen and oxygen atoms in total. The van der Waals surface area contributed by atoms with Crippen LogP contribution in [0.15, 0.2) is 30.5 Å². The Labute approximate surface area is 183 Å². The van der Waals surface area contributed by atoms with Gasteiger partial charge >= 0.3 is 0 Å². The van der Waals surface area contributed by atoms with Crippen molar-refractivity contribution in [2.75, 3.05) is 32.7 Å². The van der Waals surface area contributed by atoms with Crippen molar-refractivity contribution >= 4 is 11.8 Å². The fourth-order valence-electron chi connectivity index (χ4n) is 4.55. The van der Waals surface area contributed by atoms with E-state index in [-0.39, 0.29) is 11.8 Å². The zero-order valence-corrected chi connectivity index (χ0v) is 18.1. The van der Waals surface area contributed by atoms with E-state index >= 15 is 0 Å². The molecule has 1 atom stereocenters. The zero-order chi connectivity index (χ0) is 21.5. The van der Waals surface area contributed by atoms with Crippen LogP contribution >= 0.6 is 0 Å². The lowest BCUT2D eigenvalue weighted by Crippen LogP contribution is -2.44. The number of amides is 2. The van der Waals surface area contributed by atoms with Crippen molar-refractivity contribution in [1.29, 1.82) is 0 Å². The van der Waals surface area contributed by atoms with Crippen molar-refractivity contribution in [2.45, 2.75) is 51.0 Å². The third-order valence-corrected chi connectivity index (χ3v) is 6.24. The SMILES string of the molecule is O=C1CC2CCCCN2CCCN(C(=O)c2cc(-c3ccccn3)n[nH]2)CCCCN1.